The fourth-order valence-corrected chi connectivity index (χ4v) is 4.28. The van der Waals surface area contributed by atoms with Crippen molar-refractivity contribution in [1.82, 2.24) is 14.7 Å². The van der Waals surface area contributed by atoms with Crippen LogP contribution in [0.25, 0.3) is 0 Å². The van der Waals surface area contributed by atoms with Crippen LogP contribution in [0, 0.1) is 5.92 Å². The van der Waals surface area contributed by atoms with E-state index >= 15 is 0 Å². The minimum Gasteiger partial charge on any atom is -0.368 e. The van der Waals surface area contributed by atoms with Crippen molar-refractivity contribution < 1.29 is 14.4 Å². The molecule has 8 heteroatoms. The second-order valence-corrected chi connectivity index (χ2v) is 9.02. The van der Waals surface area contributed by atoms with Crippen molar-refractivity contribution in [3.63, 3.8) is 0 Å². The van der Waals surface area contributed by atoms with E-state index in [4.69, 9.17) is 5.73 Å². The van der Waals surface area contributed by atoms with Crippen LogP contribution in [-0.4, -0.2) is 89.7 Å². The van der Waals surface area contributed by atoms with Crippen molar-refractivity contribution in [2.24, 2.45) is 11.7 Å². The van der Waals surface area contributed by atoms with Crippen LogP contribution in [0.4, 0.5) is 0 Å². The summed E-state index contributed by atoms with van der Waals surface area (Å²) in [4.78, 5) is 43.0. The highest BCUT2D eigenvalue weighted by atomic mass is 32.2. The minimum atomic E-state index is -0.666. The zero-order chi connectivity index (χ0) is 22.6. The van der Waals surface area contributed by atoms with E-state index in [1.54, 1.807) is 30.8 Å². The number of amides is 3. The molecule has 0 fully saturated rings. The molecule has 0 aliphatic heterocycles. The third-order valence-corrected chi connectivity index (χ3v) is 6.19. The number of nitrogens with two attached hydrogens (primary N) is 1. The van der Waals surface area contributed by atoms with Gasteiger partial charge in [0, 0.05) is 38.6 Å². The number of hydrogen-bond acceptors (Lipinski definition) is 5. The maximum absolute atomic E-state index is 13.3. The Kier molecular flexibility index (Phi) is 14.0. The lowest BCUT2D eigenvalue weighted by molar-refractivity contribution is -0.146. The van der Waals surface area contributed by atoms with E-state index < -0.39 is 18.0 Å². The SMILES string of the molecule is CCCC(=O)N(C)[C@@H](CSCCN(CC)CC)C(=O)N(C)[C@@H](CC(C)C)C(N)=O. The van der Waals surface area contributed by atoms with E-state index in [-0.39, 0.29) is 17.7 Å². The van der Waals surface area contributed by atoms with Gasteiger partial charge in [0.15, 0.2) is 0 Å². The Morgan fingerprint density at radius 1 is 0.966 bits per heavy atom. The Morgan fingerprint density at radius 2 is 1.55 bits per heavy atom. The van der Waals surface area contributed by atoms with Crippen LogP contribution in [0.15, 0.2) is 0 Å². The Bertz CT molecular complexity index is 512. The molecule has 7 nitrogen and oxygen atoms in total. The number of nitrogens with zero attached hydrogens (tertiary/aromatic N) is 3. The van der Waals surface area contributed by atoms with Crippen molar-refractivity contribution in [3.8, 4) is 0 Å². The van der Waals surface area contributed by atoms with Crippen molar-refractivity contribution in [2.45, 2.75) is 66.0 Å². The van der Waals surface area contributed by atoms with E-state index in [0.717, 1.165) is 31.8 Å². The number of primary amides is 1. The van der Waals surface area contributed by atoms with Crippen LogP contribution in [0.5, 0.6) is 0 Å². The summed E-state index contributed by atoms with van der Waals surface area (Å²) in [6, 6.07) is -1.27. The molecule has 3 amide bonds. The Morgan fingerprint density at radius 3 is 2.00 bits per heavy atom. The number of rotatable bonds is 15. The first kappa shape index (κ1) is 27.7. The predicted octanol–water partition coefficient (Wildman–Crippen LogP) is 2.05. The molecule has 0 saturated carbocycles. The van der Waals surface area contributed by atoms with Gasteiger partial charge in [-0.3, -0.25) is 14.4 Å². The molecule has 170 valence electrons. The second kappa shape index (κ2) is 14.7. The lowest BCUT2D eigenvalue weighted by Gasteiger charge is -2.34. The van der Waals surface area contributed by atoms with Gasteiger partial charge in [-0.1, -0.05) is 34.6 Å². The van der Waals surface area contributed by atoms with E-state index in [2.05, 4.69) is 18.7 Å². The third kappa shape index (κ3) is 9.85. The van der Waals surface area contributed by atoms with Gasteiger partial charge in [-0.05, 0) is 31.8 Å². The van der Waals surface area contributed by atoms with Gasteiger partial charge in [0.2, 0.25) is 17.7 Å². The van der Waals surface area contributed by atoms with Gasteiger partial charge < -0.3 is 20.4 Å². The van der Waals surface area contributed by atoms with Crippen molar-refractivity contribution in [3.05, 3.63) is 0 Å². The zero-order valence-corrected chi connectivity index (χ0v) is 20.3. The molecule has 2 N–H and O–H groups in total. The molecule has 2 atom stereocenters. The maximum atomic E-state index is 13.3. The normalized spacial score (nSPS) is 13.4. The van der Waals surface area contributed by atoms with Gasteiger partial charge in [0.05, 0.1) is 0 Å². The zero-order valence-electron chi connectivity index (χ0n) is 19.4. The molecule has 0 spiro atoms. The third-order valence-electron chi connectivity index (χ3n) is 5.17. The minimum absolute atomic E-state index is 0.0527. The summed E-state index contributed by atoms with van der Waals surface area (Å²) in [5.41, 5.74) is 5.57. The number of carbonyl (C=O) groups is 3. The van der Waals surface area contributed by atoms with Crippen molar-refractivity contribution in [2.75, 3.05) is 45.2 Å². The Balaban J connectivity index is 5.30. The highest BCUT2D eigenvalue weighted by Gasteiger charge is 2.34. The molecule has 0 heterocycles. The van der Waals surface area contributed by atoms with Gasteiger partial charge in [-0.2, -0.15) is 11.8 Å². The Labute approximate surface area is 181 Å². The molecule has 0 saturated heterocycles. The van der Waals surface area contributed by atoms with Gasteiger partial charge in [0.25, 0.3) is 0 Å². The molecule has 0 radical (unpaired) electrons. The van der Waals surface area contributed by atoms with Crippen molar-refractivity contribution in [1.29, 1.82) is 0 Å². The van der Waals surface area contributed by atoms with Crippen LogP contribution >= 0.6 is 11.8 Å². The molecule has 0 bridgehead atoms. The molecule has 0 aliphatic rings. The van der Waals surface area contributed by atoms with Gasteiger partial charge in [0.1, 0.15) is 12.1 Å². The summed E-state index contributed by atoms with van der Waals surface area (Å²) in [5.74, 6) is 0.828. The molecular weight excluding hydrogens is 388 g/mol. The van der Waals surface area contributed by atoms with Gasteiger partial charge in [-0.25, -0.2) is 0 Å². The van der Waals surface area contributed by atoms with E-state index in [9.17, 15) is 14.4 Å². The van der Waals surface area contributed by atoms with Gasteiger partial charge in [-0.15, -0.1) is 0 Å². The average molecular weight is 431 g/mol. The summed E-state index contributed by atoms with van der Waals surface area (Å²) in [6.07, 6.45) is 1.64. The lowest BCUT2D eigenvalue weighted by Crippen LogP contribution is -2.55. The molecular formula is C21H42N4O3S. The quantitative estimate of drug-likeness (QED) is 0.402. The van der Waals surface area contributed by atoms with E-state index in [0.29, 0.717) is 18.6 Å². The van der Waals surface area contributed by atoms with Gasteiger partial charge >= 0.3 is 0 Å². The van der Waals surface area contributed by atoms with Crippen LogP contribution in [0.2, 0.25) is 0 Å². The molecule has 0 unspecified atom stereocenters. The van der Waals surface area contributed by atoms with Crippen LogP contribution in [0.1, 0.15) is 53.9 Å². The Hall–Kier alpha value is -1.28. The average Bonchev–Trinajstić information content (AvgIpc) is 2.67. The largest absolute Gasteiger partial charge is 0.368 e. The number of thioether (sulfide) groups is 1. The summed E-state index contributed by atoms with van der Waals surface area (Å²) < 4.78 is 0. The second-order valence-electron chi connectivity index (χ2n) is 7.87. The molecule has 0 aliphatic carbocycles. The van der Waals surface area contributed by atoms with Crippen LogP contribution < -0.4 is 5.73 Å². The van der Waals surface area contributed by atoms with Crippen molar-refractivity contribution >= 4 is 29.5 Å². The van der Waals surface area contributed by atoms with Crippen LogP contribution in [-0.2, 0) is 14.4 Å². The first-order valence-electron chi connectivity index (χ1n) is 10.7. The van der Waals surface area contributed by atoms with E-state index in [1.165, 1.54) is 4.90 Å². The lowest BCUT2D eigenvalue weighted by atomic mass is 10.0. The highest BCUT2D eigenvalue weighted by molar-refractivity contribution is 7.99. The fourth-order valence-electron chi connectivity index (χ4n) is 3.14. The fraction of sp³-hybridized carbons (Fsp3) is 0.857. The molecule has 0 aromatic carbocycles. The molecule has 0 aromatic rings. The first-order valence-corrected chi connectivity index (χ1v) is 11.9. The molecule has 0 rings (SSSR count). The smallest absolute Gasteiger partial charge is 0.246 e. The summed E-state index contributed by atoms with van der Waals surface area (Å²) in [5, 5.41) is 0. The summed E-state index contributed by atoms with van der Waals surface area (Å²) in [7, 11) is 3.30. The maximum Gasteiger partial charge on any atom is 0.246 e. The predicted molar refractivity (Wildman–Crippen MR) is 122 cm³/mol. The topological polar surface area (TPSA) is 87.0 Å². The number of likely N-dealkylation sites (N-methyl/N-ethyl adjacent to an activating group) is 2. The standard InChI is InChI=1S/C21H42N4O3S/c1-8-11-19(26)23(6)18(15-29-13-12-25(9-2)10-3)21(28)24(7)17(20(22)27)14-16(4)5/h16-18H,8-15H2,1-7H3,(H2,22,27)/t17-,18-/m0/s1. The number of hydrogen-bond donors (Lipinski definition) is 1. The number of carbonyl (C=O) groups excluding carboxylic acids is 3. The summed E-state index contributed by atoms with van der Waals surface area (Å²) >= 11 is 1.66. The van der Waals surface area contributed by atoms with Crippen LogP contribution in [0.3, 0.4) is 0 Å². The molecule has 29 heavy (non-hydrogen) atoms. The van der Waals surface area contributed by atoms with E-state index in [1.807, 2.05) is 20.8 Å². The summed E-state index contributed by atoms with van der Waals surface area (Å²) in [6.45, 7) is 13.1. The highest BCUT2D eigenvalue weighted by Crippen LogP contribution is 2.17. The monoisotopic (exact) mass is 430 g/mol. The first-order chi connectivity index (χ1) is 13.6. The molecule has 0 aromatic heterocycles.